The first-order chi connectivity index (χ1) is 13.8. The monoisotopic (exact) mass is 405 g/mol. The van der Waals surface area contributed by atoms with Crippen LogP contribution < -0.4 is 16.0 Å². The smallest absolute Gasteiger partial charge is 0.325 e. The number of nitrogens with one attached hydrogen (secondary N) is 3. The second-order valence-corrected chi connectivity index (χ2v) is 6.92. The molecule has 29 heavy (non-hydrogen) atoms. The van der Waals surface area contributed by atoms with E-state index in [1.54, 1.807) is 0 Å². The molecule has 0 unspecified atom stereocenters. The van der Waals surface area contributed by atoms with Crippen LogP contribution in [0.5, 0.6) is 0 Å². The van der Waals surface area contributed by atoms with Gasteiger partial charge < -0.3 is 21.1 Å². The first kappa shape index (κ1) is 24.1. The van der Waals surface area contributed by atoms with Crippen molar-refractivity contribution < 1.29 is 24.3 Å². The molecule has 2 atom stereocenters. The lowest BCUT2D eigenvalue weighted by Gasteiger charge is -2.20. The molecule has 0 radical (unpaired) electrons. The number of aryl methyl sites for hydroxylation is 1. The predicted octanol–water partition coefficient (Wildman–Crippen LogP) is 1.39. The maximum atomic E-state index is 12.4. The minimum atomic E-state index is -1.18. The number of hydrogen-bond acceptors (Lipinski definition) is 4. The van der Waals surface area contributed by atoms with Crippen LogP contribution in [-0.2, 0) is 25.6 Å². The van der Waals surface area contributed by atoms with Gasteiger partial charge in [-0.3, -0.25) is 19.2 Å². The van der Waals surface area contributed by atoms with Crippen molar-refractivity contribution in [2.45, 2.75) is 64.5 Å². The van der Waals surface area contributed by atoms with Gasteiger partial charge in [-0.15, -0.1) is 0 Å². The molecule has 0 aromatic heterocycles. The highest BCUT2D eigenvalue weighted by Gasteiger charge is 2.24. The number of unbranched alkanes of at least 4 members (excludes halogenated alkanes) is 1. The molecule has 0 saturated carbocycles. The van der Waals surface area contributed by atoms with E-state index >= 15 is 0 Å². The van der Waals surface area contributed by atoms with Crippen LogP contribution in [0.15, 0.2) is 30.3 Å². The predicted molar refractivity (Wildman–Crippen MR) is 109 cm³/mol. The van der Waals surface area contributed by atoms with E-state index in [1.807, 2.05) is 37.3 Å². The Morgan fingerprint density at radius 2 is 1.69 bits per heavy atom. The summed E-state index contributed by atoms with van der Waals surface area (Å²) >= 11 is 0. The van der Waals surface area contributed by atoms with E-state index in [2.05, 4.69) is 16.0 Å². The lowest BCUT2D eigenvalue weighted by Crippen LogP contribution is -2.51. The standard InChI is InChI=1S/C21H31N3O5/c1-3-4-14-22-18(25)13-11-17(20(27)23-15(2)21(28)29)24-19(26)12-10-16-8-6-5-7-9-16/h5-9,15,17H,3-4,10-14H2,1-2H3,(H,22,25)(H,23,27)(H,24,26)(H,28,29)/t15-,17-/m0/s1. The summed E-state index contributed by atoms with van der Waals surface area (Å²) < 4.78 is 0. The van der Waals surface area contributed by atoms with Gasteiger partial charge in [-0.25, -0.2) is 0 Å². The highest BCUT2D eigenvalue weighted by atomic mass is 16.4. The molecule has 0 bridgehead atoms. The SMILES string of the molecule is CCCCNC(=O)CC[C@H](NC(=O)CCc1ccccc1)C(=O)N[C@@H](C)C(=O)O. The Bertz CT molecular complexity index is 678. The van der Waals surface area contributed by atoms with E-state index in [9.17, 15) is 19.2 Å². The Morgan fingerprint density at radius 3 is 2.31 bits per heavy atom. The zero-order chi connectivity index (χ0) is 21.6. The highest BCUT2D eigenvalue weighted by molar-refractivity contribution is 5.90. The first-order valence-corrected chi connectivity index (χ1v) is 9.96. The molecule has 1 aromatic rings. The van der Waals surface area contributed by atoms with E-state index in [0.29, 0.717) is 13.0 Å². The fraction of sp³-hybridized carbons (Fsp3) is 0.524. The molecule has 0 heterocycles. The van der Waals surface area contributed by atoms with Gasteiger partial charge in [0.1, 0.15) is 12.1 Å². The van der Waals surface area contributed by atoms with Gasteiger partial charge in [0.05, 0.1) is 0 Å². The van der Waals surface area contributed by atoms with Gasteiger partial charge >= 0.3 is 5.97 Å². The molecule has 8 nitrogen and oxygen atoms in total. The molecule has 0 aliphatic carbocycles. The van der Waals surface area contributed by atoms with E-state index in [-0.39, 0.29) is 31.1 Å². The van der Waals surface area contributed by atoms with Crippen LogP contribution in [0, 0.1) is 0 Å². The maximum Gasteiger partial charge on any atom is 0.325 e. The van der Waals surface area contributed by atoms with Crippen molar-refractivity contribution in [1.29, 1.82) is 0 Å². The molecule has 0 spiro atoms. The molecule has 0 fully saturated rings. The molecule has 3 amide bonds. The number of carbonyl (C=O) groups is 4. The summed E-state index contributed by atoms with van der Waals surface area (Å²) in [6.07, 6.45) is 2.67. The third-order valence-corrected chi connectivity index (χ3v) is 4.38. The molecule has 8 heteroatoms. The largest absolute Gasteiger partial charge is 0.480 e. The molecule has 4 N–H and O–H groups in total. The molecule has 1 rings (SSSR count). The molecule has 0 aliphatic heterocycles. The average Bonchev–Trinajstić information content (AvgIpc) is 2.70. The molecular weight excluding hydrogens is 374 g/mol. The van der Waals surface area contributed by atoms with E-state index < -0.39 is 24.0 Å². The van der Waals surface area contributed by atoms with Crippen molar-refractivity contribution in [3.63, 3.8) is 0 Å². The number of carbonyl (C=O) groups excluding carboxylic acids is 3. The second kappa shape index (κ2) is 13.3. The number of carboxylic acids is 1. The number of rotatable bonds is 13. The van der Waals surface area contributed by atoms with Crippen molar-refractivity contribution in [3.8, 4) is 0 Å². The van der Waals surface area contributed by atoms with Gasteiger partial charge in [0.15, 0.2) is 0 Å². The lowest BCUT2D eigenvalue weighted by atomic mass is 10.1. The van der Waals surface area contributed by atoms with Crippen LogP contribution in [0.1, 0.15) is 51.5 Å². The fourth-order valence-corrected chi connectivity index (χ4v) is 2.58. The summed E-state index contributed by atoms with van der Waals surface area (Å²) in [5, 5.41) is 16.7. The van der Waals surface area contributed by atoms with Gasteiger partial charge in [-0.2, -0.15) is 0 Å². The quantitative estimate of drug-likeness (QED) is 0.369. The first-order valence-electron chi connectivity index (χ1n) is 9.96. The summed E-state index contributed by atoms with van der Waals surface area (Å²) in [4.78, 5) is 47.6. The third-order valence-electron chi connectivity index (χ3n) is 4.38. The molecule has 0 saturated heterocycles. The highest BCUT2D eigenvalue weighted by Crippen LogP contribution is 2.05. The number of hydrogen-bond donors (Lipinski definition) is 4. The normalized spacial score (nSPS) is 12.5. The Hall–Kier alpha value is -2.90. The van der Waals surface area contributed by atoms with Gasteiger partial charge in [0, 0.05) is 19.4 Å². The number of carboxylic acid groups (broad SMARTS) is 1. The van der Waals surface area contributed by atoms with Crippen molar-refractivity contribution in [2.24, 2.45) is 0 Å². The van der Waals surface area contributed by atoms with Crippen LogP contribution in [0.3, 0.4) is 0 Å². The Labute approximate surface area is 171 Å². The van der Waals surface area contributed by atoms with Gasteiger partial charge in [0.2, 0.25) is 17.7 Å². The van der Waals surface area contributed by atoms with Crippen molar-refractivity contribution in [2.75, 3.05) is 6.54 Å². The summed E-state index contributed by atoms with van der Waals surface area (Å²) in [6.45, 7) is 3.92. The van der Waals surface area contributed by atoms with Crippen molar-refractivity contribution in [1.82, 2.24) is 16.0 Å². The van der Waals surface area contributed by atoms with E-state index in [0.717, 1.165) is 18.4 Å². The summed E-state index contributed by atoms with van der Waals surface area (Å²) in [5.74, 6) is -2.33. The molecule has 1 aromatic carbocycles. The van der Waals surface area contributed by atoms with Crippen LogP contribution in [-0.4, -0.2) is 47.4 Å². The third kappa shape index (κ3) is 10.3. The summed E-state index contributed by atoms with van der Waals surface area (Å²) in [7, 11) is 0. The van der Waals surface area contributed by atoms with Crippen LogP contribution in [0.2, 0.25) is 0 Å². The fourth-order valence-electron chi connectivity index (χ4n) is 2.58. The summed E-state index contributed by atoms with van der Waals surface area (Å²) in [5.41, 5.74) is 0.999. The average molecular weight is 405 g/mol. The van der Waals surface area contributed by atoms with Crippen LogP contribution in [0.4, 0.5) is 0 Å². The van der Waals surface area contributed by atoms with Gasteiger partial charge in [-0.05, 0) is 31.7 Å². The van der Waals surface area contributed by atoms with Gasteiger partial charge in [0.25, 0.3) is 0 Å². The van der Waals surface area contributed by atoms with E-state index in [1.165, 1.54) is 6.92 Å². The number of amides is 3. The number of benzene rings is 1. The Kier molecular flexibility index (Phi) is 11.1. The Balaban J connectivity index is 2.62. The molecule has 0 aliphatic rings. The zero-order valence-corrected chi connectivity index (χ0v) is 17.1. The zero-order valence-electron chi connectivity index (χ0n) is 17.1. The number of aliphatic carboxylic acids is 1. The topological polar surface area (TPSA) is 125 Å². The minimum absolute atomic E-state index is 0.0578. The van der Waals surface area contributed by atoms with Gasteiger partial charge in [-0.1, -0.05) is 43.7 Å². The minimum Gasteiger partial charge on any atom is -0.480 e. The second-order valence-electron chi connectivity index (χ2n) is 6.92. The van der Waals surface area contributed by atoms with Crippen molar-refractivity contribution in [3.05, 3.63) is 35.9 Å². The Morgan fingerprint density at radius 1 is 1.00 bits per heavy atom. The lowest BCUT2D eigenvalue weighted by molar-refractivity contribution is -0.141. The molecule has 160 valence electrons. The van der Waals surface area contributed by atoms with Crippen LogP contribution in [0.25, 0.3) is 0 Å². The maximum absolute atomic E-state index is 12.4. The van der Waals surface area contributed by atoms with Crippen molar-refractivity contribution >= 4 is 23.7 Å². The summed E-state index contributed by atoms with van der Waals surface area (Å²) in [6, 6.07) is 7.40. The van der Waals surface area contributed by atoms with Crippen LogP contribution >= 0.6 is 0 Å². The van der Waals surface area contributed by atoms with E-state index in [4.69, 9.17) is 5.11 Å². The molecular formula is C21H31N3O5.